The summed E-state index contributed by atoms with van der Waals surface area (Å²) >= 11 is 0. The monoisotopic (exact) mass is 358 g/mol. The largest absolute Gasteiger partial charge is 0.486 e. The zero-order chi connectivity index (χ0) is 18.4. The molecule has 0 saturated carbocycles. The maximum Gasteiger partial charge on any atom is 0.271 e. The Morgan fingerprint density at radius 3 is 2.56 bits per heavy atom. The number of aromatic nitrogens is 2. The van der Waals surface area contributed by atoms with E-state index in [1.165, 1.54) is 4.68 Å². The number of carbonyl (C=O) groups is 1. The van der Waals surface area contributed by atoms with E-state index in [1.54, 1.807) is 6.08 Å². The van der Waals surface area contributed by atoms with Crippen molar-refractivity contribution in [3.63, 3.8) is 0 Å². The molecule has 0 unspecified atom stereocenters. The number of hydrogen-bond acceptors (Lipinski definition) is 4. The van der Waals surface area contributed by atoms with Crippen molar-refractivity contribution in [3.05, 3.63) is 71.6 Å². The highest BCUT2D eigenvalue weighted by Crippen LogP contribution is 2.37. The minimum Gasteiger partial charge on any atom is -0.486 e. The first-order chi connectivity index (χ1) is 13.2. The van der Waals surface area contributed by atoms with E-state index in [0.29, 0.717) is 19.6 Å². The molecule has 2 aromatic carbocycles. The van der Waals surface area contributed by atoms with E-state index < -0.39 is 0 Å². The van der Waals surface area contributed by atoms with Crippen LogP contribution < -0.4 is 9.47 Å². The summed E-state index contributed by atoms with van der Waals surface area (Å²) in [5.74, 6) is 1.36. The maximum absolute atomic E-state index is 12.7. The fraction of sp³-hybridized carbons (Fsp3) is 0.182. The molecule has 0 saturated heterocycles. The summed E-state index contributed by atoms with van der Waals surface area (Å²) in [6.07, 6.45) is 2.30. The van der Waals surface area contributed by atoms with Gasteiger partial charge in [0.25, 0.3) is 5.91 Å². The van der Waals surface area contributed by atoms with E-state index in [9.17, 15) is 4.79 Å². The number of aryl methyl sites for hydroxylation is 1. The van der Waals surface area contributed by atoms with Crippen LogP contribution >= 0.6 is 0 Å². The van der Waals surface area contributed by atoms with Gasteiger partial charge in [0.1, 0.15) is 13.2 Å². The van der Waals surface area contributed by atoms with Crippen LogP contribution in [-0.2, 0) is 6.42 Å². The Hall–Kier alpha value is -3.34. The van der Waals surface area contributed by atoms with Crippen molar-refractivity contribution in [1.29, 1.82) is 0 Å². The van der Waals surface area contributed by atoms with E-state index in [4.69, 9.17) is 9.47 Å². The normalized spacial score (nSPS) is 15.3. The van der Waals surface area contributed by atoms with Crippen LogP contribution in [0, 0.1) is 6.92 Å². The molecule has 5 heteroatoms. The molecule has 0 radical (unpaired) electrons. The highest BCUT2D eigenvalue weighted by atomic mass is 16.6. The lowest BCUT2D eigenvalue weighted by Crippen LogP contribution is -2.19. The van der Waals surface area contributed by atoms with Gasteiger partial charge in [-0.3, -0.25) is 4.79 Å². The number of ether oxygens (including phenoxy) is 2. The molecule has 0 N–H and O–H groups in total. The van der Waals surface area contributed by atoms with Crippen molar-refractivity contribution in [2.75, 3.05) is 13.2 Å². The van der Waals surface area contributed by atoms with Crippen LogP contribution in [0.25, 0.3) is 16.7 Å². The topological polar surface area (TPSA) is 53.4 Å². The molecule has 0 bridgehead atoms. The van der Waals surface area contributed by atoms with Gasteiger partial charge in [-0.1, -0.05) is 36.4 Å². The summed E-state index contributed by atoms with van der Waals surface area (Å²) in [6, 6.07) is 15.9. The molecule has 27 heavy (non-hydrogen) atoms. The molecule has 3 heterocycles. The smallest absolute Gasteiger partial charge is 0.271 e. The minimum atomic E-state index is -0.119. The van der Waals surface area contributed by atoms with Gasteiger partial charge in [-0.2, -0.15) is 5.10 Å². The van der Waals surface area contributed by atoms with Crippen molar-refractivity contribution < 1.29 is 14.3 Å². The molecule has 134 valence electrons. The predicted octanol–water partition coefficient (Wildman–Crippen LogP) is 3.91. The molecule has 0 fully saturated rings. The third-order valence-corrected chi connectivity index (χ3v) is 5.00. The lowest BCUT2D eigenvalue weighted by molar-refractivity contribution is 0.0948. The van der Waals surface area contributed by atoms with E-state index >= 15 is 0 Å². The number of nitrogens with zero attached hydrogens (tertiary/aromatic N) is 2. The van der Waals surface area contributed by atoms with E-state index in [2.05, 4.69) is 17.2 Å². The van der Waals surface area contributed by atoms with E-state index in [1.807, 2.05) is 43.3 Å². The highest BCUT2D eigenvalue weighted by Gasteiger charge is 2.26. The van der Waals surface area contributed by atoms with Crippen molar-refractivity contribution in [3.8, 4) is 22.6 Å². The molecule has 1 aromatic heterocycles. The van der Waals surface area contributed by atoms with Crippen LogP contribution in [0.2, 0.25) is 0 Å². The van der Waals surface area contributed by atoms with Gasteiger partial charge in [0.15, 0.2) is 11.5 Å². The maximum atomic E-state index is 12.7. The van der Waals surface area contributed by atoms with Gasteiger partial charge in [0.05, 0.1) is 11.4 Å². The number of hydrogen-bond donors (Lipinski definition) is 0. The quantitative estimate of drug-likeness (QED) is 0.697. The molecule has 0 spiro atoms. The molecule has 0 atom stereocenters. The Kier molecular flexibility index (Phi) is 3.60. The van der Waals surface area contributed by atoms with Gasteiger partial charge < -0.3 is 9.47 Å². The molecule has 5 rings (SSSR count). The Balaban J connectivity index is 1.58. The van der Waals surface area contributed by atoms with Gasteiger partial charge >= 0.3 is 0 Å². The number of rotatable bonds is 2. The average molecular weight is 358 g/mol. The van der Waals surface area contributed by atoms with Crippen LogP contribution in [0.3, 0.4) is 0 Å². The summed E-state index contributed by atoms with van der Waals surface area (Å²) in [5.41, 5.74) is 5.83. The second kappa shape index (κ2) is 6.13. The van der Waals surface area contributed by atoms with Crippen LogP contribution in [0.1, 0.15) is 21.7 Å². The molecular formula is C22H18N2O3. The van der Waals surface area contributed by atoms with Crippen molar-refractivity contribution >= 4 is 11.5 Å². The third kappa shape index (κ3) is 2.63. The van der Waals surface area contributed by atoms with Gasteiger partial charge in [-0.15, -0.1) is 0 Å². The van der Waals surface area contributed by atoms with E-state index in [0.717, 1.165) is 45.2 Å². The van der Waals surface area contributed by atoms with Crippen LogP contribution in [0.5, 0.6) is 11.5 Å². The Labute approximate surface area is 156 Å². The fourth-order valence-electron chi connectivity index (χ4n) is 3.77. The van der Waals surface area contributed by atoms with Gasteiger partial charge in [0.2, 0.25) is 0 Å². The lowest BCUT2D eigenvalue weighted by atomic mass is 9.93. The zero-order valence-electron chi connectivity index (χ0n) is 14.9. The summed E-state index contributed by atoms with van der Waals surface area (Å²) in [6.45, 7) is 3.05. The molecule has 3 aromatic rings. The SMILES string of the molecule is Cc1nn2c(c1-c1ccccc1)CC(c1ccc3c(c1)OCCO3)=CC2=O. The predicted molar refractivity (Wildman–Crippen MR) is 102 cm³/mol. The first-order valence-corrected chi connectivity index (χ1v) is 8.99. The number of carbonyl (C=O) groups excluding carboxylic acids is 1. The number of allylic oxidation sites excluding steroid dienone is 2. The van der Waals surface area contributed by atoms with Crippen molar-refractivity contribution in [2.24, 2.45) is 0 Å². The Bertz CT molecular complexity index is 1080. The lowest BCUT2D eigenvalue weighted by Gasteiger charge is -2.21. The molecule has 0 aliphatic carbocycles. The van der Waals surface area contributed by atoms with Crippen LogP contribution in [0.4, 0.5) is 0 Å². The van der Waals surface area contributed by atoms with Gasteiger partial charge in [0, 0.05) is 18.1 Å². The average Bonchev–Trinajstić information content (AvgIpc) is 3.05. The Morgan fingerprint density at radius 1 is 0.963 bits per heavy atom. The third-order valence-electron chi connectivity index (χ3n) is 5.00. The fourth-order valence-corrected chi connectivity index (χ4v) is 3.77. The second-order valence-electron chi connectivity index (χ2n) is 6.73. The van der Waals surface area contributed by atoms with E-state index in [-0.39, 0.29) is 5.91 Å². The number of fused-ring (bicyclic) bond motifs is 2. The van der Waals surface area contributed by atoms with Crippen LogP contribution in [0.15, 0.2) is 54.6 Å². The summed E-state index contributed by atoms with van der Waals surface area (Å²) in [7, 11) is 0. The van der Waals surface area contributed by atoms with Crippen LogP contribution in [-0.4, -0.2) is 28.9 Å². The number of benzene rings is 2. The highest BCUT2D eigenvalue weighted by molar-refractivity contribution is 6.00. The molecule has 0 amide bonds. The standard InChI is InChI=1S/C22H18N2O3/c1-14-22(15-5-3-2-4-6-15)18-11-17(13-21(25)24(18)23-14)16-7-8-19-20(12-16)27-10-9-26-19/h2-8,12-13H,9-11H2,1H3. The summed E-state index contributed by atoms with van der Waals surface area (Å²) in [5, 5.41) is 4.48. The minimum absolute atomic E-state index is 0.119. The van der Waals surface area contributed by atoms with Crippen molar-refractivity contribution in [2.45, 2.75) is 13.3 Å². The van der Waals surface area contributed by atoms with Gasteiger partial charge in [-0.25, -0.2) is 4.68 Å². The Morgan fingerprint density at radius 2 is 1.74 bits per heavy atom. The van der Waals surface area contributed by atoms with Crippen molar-refractivity contribution in [1.82, 2.24) is 9.78 Å². The van der Waals surface area contributed by atoms with Gasteiger partial charge in [-0.05, 0) is 35.8 Å². The first-order valence-electron chi connectivity index (χ1n) is 8.99. The first kappa shape index (κ1) is 15.9. The zero-order valence-corrected chi connectivity index (χ0v) is 14.9. The molecule has 2 aliphatic rings. The summed E-state index contributed by atoms with van der Waals surface area (Å²) < 4.78 is 12.8. The molecular weight excluding hydrogens is 340 g/mol. The molecule has 2 aliphatic heterocycles. The summed E-state index contributed by atoms with van der Waals surface area (Å²) in [4.78, 5) is 12.7. The second-order valence-corrected chi connectivity index (χ2v) is 6.73. The molecule has 5 nitrogen and oxygen atoms in total.